The Labute approximate surface area is 133 Å². The van der Waals surface area contributed by atoms with Gasteiger partial charge in [0.2, 0.25) is 0 Å². The van der Waals surface area contributed by atoms with E-state index in [1.54, 1.807) is 16.5 Å². The number of hydrogen-bond donors (Lipinski definition) is 1. The molecule has 1 N–H and O–H groups in total. The number of nitrogens with zero attached hydrogens (tertiary/aromatic N) is 2. The molecule has 1 atom stereocenters. The summed E-state index contributed by atoms with van der Waals surface area (Å²) in [5.41, 5.74) is -0.891. The first-order valence-electron chi connectivity index (χ1n) is 7.30. The second-order valence-electron chi connectivity index (χ2n) is 5.27. The normalized spacial score (nSPS) is 18.0. The number of aliphatic hydroxyl groups is 1. The summed E-state index contributed by atoms with van der Waals surface area (Å²) in [6, 6.07) is 9.44. The highest BCUT2D eigenvalue weighted by Crippen LogP contribution is 2.32. The van der Waals surface area contributed by atoms with Gasteiger partial charge in [0, 0.05) is 24.7 Å². The third-order valence-corrected chi connectivity index (χ3v) is 4.66. The molecule has 0 saturated carbocycles. The molecule has 2 aromatic rings. The number of thiazole rings is 1. The number of benzene rings is 1. The fourth-order valence-corrected chi connectivity index (χ4v) is 3.36. The first kappa shape index (κ1) is 15.1. The average molecular weight is 318 g/mol. The second kappa shape index (κ2) is 6.56. The molecular formula is C16H18N2O3S. The van der Waals surface area contributed by atoms with Crippen LogP contribution in [-0.4, -0.2) is 34.0 Å². The summed E-state index contributed by atoms with van der Waals surface area (Å²) in [5.74, 6) is -0.659. The van der Waals surface area contributed by atoms with Gasteiger partial charge in [0.1, 0.15) is 6.61 Å². The molecule has 0 bridgehead atoms. The molecule has 1 aliphatic rings. The molecule has 1 unspecified atom stereocenters. The van der Waals surface area contributed by atoms with Crippen molar-refractivity contribution < 1.29 is 14.6 Å². The van der Waals surface area contributed by atoms with Gasteiger partial charge in [-0.3, -0.25) is 4.90 Å². The smallest absolute Gasteiger partial charge is 0.361 e. The number of carbonyl (C=O) groups is 1. The van der Waals surface area contributed by atoms with Crippen LogP contribution in [-0.2, 0) is 21.9 Å². The number of esters is 1. The number of ether oxygens (including phenoxy) is 1. The van der Waals surface area contributed by atoms with Gasteiger partial charge >= 0.3 is 5.97 Å². The molecule has 0 aliphatic carbocycles. The highest BCUT2D eigenvalue weighted by atomic mass is 32.1. The number of hydrogen-bond acceptors (Lipinski definition) is 6. The molecule has 1 saturated heterocycles. The lowest BCUT2D eigenvalue weighted by molar-refractivity contribution is -0.192. The largest absolute Gasteiger partial charge is 0.457 e. The molecular weight excluding hydrogens is 300 g/mol. The first-order valence-corrected chi connectivity index (χ1v) is 8.18. The van der Waals surface area contributed by atoms with Crippen LogP contribution < -0.4 is 0 Å². The standard InChI is InChI=1S/C16H18N2O3S/c19-15(21-12-13-6-2-1-3-7-13)16(20,14-17-8-11-22-14)18-9-4-5-10-18/h1-3,6-8,11,20H,4-5,9-10,12H2. The van der Waals surface area contributed by atoms with Gasteiger partial charge < -0.3 is 9.84 Å². The Morgan fingerprint density at radius 2 is 2.05 bits per heavy atom. The van der Waals surface area contributed by atoms with Crippen LogP contribution in [0.5, 0.6) is 0 Å². The Morgan fingerprint density at radius 1 is 1.32 bits per heavy atom. The van der Waals surface area contributed by atoms with E-state index in [2.05, 4.69) is 4.98 Å². The van der Waals surface area contributed by atoms with Crippen molar-refractivity contribution in [2.45, 2.75) is 25.2 Å². The first-order chi connectivity index (χ1) is 10.7. The van der Waals surface area contributed by atoms with Crippen LogP contribution in [0.2, 0.25) is 0 Å². The van der Waals surface area contributed by atoms with Crippen molar-refractivity contribution >= 4 is 17.3 Å². The lowest BCUT2D eigenvalue weighted by atomic mass is 10.2. The molecule has 0 amide bonds. The zero-order valence-corrected chi connectivity index (χ0v) is 13.0. The van der Waals surface area contributed by atoms with E-state index in [-0.39, 0.29) is 6.61 Å². The van der Waals surface area contributed by atoms with Crippen molar-refractivity contribution in [3.8, 4) is 0 Å². The second-order valence-corrected chi connectivity index (χ2v) is 6.16. The zero-order valence-electron chi connectivity index (χ0n) is 12.1. The Hall–Kier alpha value is -1.76. The van der Waals surface area contributed by atoms with Gasteiger partial charge in [-0.2, -0.15) is 0 Å². The monoisotopic (exact) mass is 318 g/mol. The minimum atomic E-state index is -1.78. The van der Waals surface area contributed by atoms with Crippen molar-refractivity contribution in [3.05, 3.63) is 52.5 Å². The van der Waals surface area contributed by atoms with E-state index in [0.717, 1.165) is 18.4 Å². The van der Waals surface area contributed by atoms with E-state index in [0.29, 0.717) is 18.1 Å². The summed E-state index contributed by atoms with van der Waals surface area (Å²) in [7, 11) is 0. The van der Waals surface area contributed by atoms with E-state index in [1.807, 2.05) is 30.3 Å². The molecule has 0 spiro atoms. The van der Waals surface area contributed by atoms with Crippen LogP contribution in [0, 0.1) is 0 Å². The van der Waals surface area contributed by atoms with E-state index in [9.17, 15) is 9.90 Å². The number of rotatable bonds is 5. The van der Waals surface area contributed by atoms with E-state index in [1.165, 1.54) is 11.3 Å². The Kier molecular flexibility index (Phi) is 4.52. The fourth-order valence-electron chi connectivity index (χ4n) is 2.61. The third kappa shape index (κ3) is 2.90. The minimum Gasteiger partial charge on any atom is -0.457 e. The van der Waals surface area contributed by atoms with Crippen LogP contribution in [0.4, 0.5) is 0 Å². The lowest BCUT2D eigenvalue weighted by Gasteiger charge is -2.32. The lowest BCUT2D eigenvalue weighted by Crippen LogP contribution is -2.51. The zero-order chi connectivity index (χ0) is 15.4. The quantitative estimate of drug-likeness (QED) is 0.856. The Balaban J connectivity index is 1.78. The summed E-state index contributed by atoms with van der Waals surface area (Å²) >= 11 is 1.26. The Bertz CT molecular complexity index is 612. The summed E-state index contributed by atoms with van der Waals surface area (Å²) < 4.78 is 5.37. The summed E-state index contributed by atoms with van der Waals surface area (Å²) in [4.78, 5) is 18.5. The summed E-state index contributed by atoms with van der Waals surface area (Å²) in [6.45, 7) is 1.47. The van der Waals surface area contributed by atoms with E-state index < -0.39 is 11.7 Å². The van der Waals surface area contributed by atoms with Crippen molar-refractivity contribution in [3.63, 3.8) is 0 Å². The van der Waals surface area contributed by atoms with Crippen molar-refractivity contribution in [2.75, 3.05) is 13.1 Å². The summed E-state index contributed by atoms with van der Waals surface area (Å²) in [6.07, 6.45) is 3.50. The molecule has 1 fully saturated rings. The average Bonchev–Trinajstić information content (AvgIpc) is 3.25. The van der Waals surface area contributed by atoms with Gasteiger partial charge in [-0.15, -0.1) is 11.3 Å². The molecule has 0 radical (unpaired) electrons. The van der Waals surface area contributed by atoms with Crippen LogP contribution in [0.1, 0.15) is 23.4 Å². The molecule has 1 aromatic carbocycles. The van der Waals surface area contributed by atoms with Crippen molar-refractivity contribution in [1.29, 1.82) is 0 Å². The van der Waals surface area contributed by atoms with Crippen LogP contribution in [0.25, 0.3) is 0 Å². The van der Waals surface area contributed by atoms with Crippen LogP contribution in [0.3, 0.4) is 0 Å². The minimum absolute atomic E-state index is 0.140. The third-order valence-electron chi connectivity index (χ3n) is 3.79. The molecule has 116 valence electrons. The van der Waals surface area contributed by atoms with Gasteiger partial charge in [-0.1, -0.05) is 30.3 Å². The molecule has 1 aliphatic heterocycles. The summed E-state index contributed by atoms with van der Waals surface area (Å²) in [5, 5.41) is 13.1. The maximum atomic E-state index is 12.6. The maximum absolute atomic E-state index is 12.6. The van der Waals surface area contributed by atoms with E-state index in [4.69, 9.17) is 4.74 Å². The number of likely N-dealkylation sites (tertiary alicyclic amines) is 1. The van der Waals surface area contributed by atoms with E-state index >= 15 is 0 Å². The number of aromatic nitrogens is 1. The van der Waals surface area contributed by atoms with Gasteiger partial charge in [0.25, 0.3) is 5.72 Å². The van der Waals surface area contributed by atoms with Gasteiger partial charge in [-0.25, -0.2) is 9.78 Å². The fraction of sp³-hybridized carbons (Fsp3) is 0.375. The highest BCUT2D eigenvalue weighted by Gasteiger charge is 2.48. The van der Waals surface area contributed by atoms with Gasteiger partial charge in [-0.05, 0) is 18.4 Å². The van der Waals surface area contributed by atoms with Crippen molar-refractivity contribution in [1.82, 2.24) is 9.88 Å². The van der Waals surface area contributed by atoms with Crippen LogP contribution in [0.15, 0.2) is 41.9 Å². The molecule has 5 nitrogen and oxygen atoms in total. The molecule has 2 heterocycles. The SMILES string of the molecule is O=C(OCc1ccccc1)C(O)(c1nccs1)N1CCCC1. The van der Waals surface area contributed by atoms with Crippen LogP contribution >= 0.6 is 11.3 Å². The van der Waals surface area contributed by atoms with Crippen molar-refractivity contribution in [2.24, 2.45) is 0 Å². The molecule has 22 heavy (non-hydrogen) atoms. The molecule has 6 heteroatoms. The van der Waals surface area contributed by atoms with Gasteiger partial charge in [0.15, 0.2) is 5.01 Å². The molecule has 3 rings (SSSR count). The van der Waals surface area contributed by atoms with Gasteiger partial charge in [0.05, 0.1) is 0 Å². The topological polar surface area (TPSA) is 62.7 Å². The molecule has 1 aromatic heterocycles. The number of carbonyl (C=O) groups excluding carboxylic acids is 1. The highest BCUT2D eigenvalue weighted by molar-refractivity contribution is 7.09. The maximum Gasteiger partial charge on any atom is 0.361 e. The Morgan fingerprint density at radius 3 is 2.68 bits per heavy atom. The predicted molar refractivity (Wildman–Crippen MR) is 83.1 cm³/mol. The predicted octanol–water partition coefficient (Wildman–Crippen LogP) is 2.13.